The number of anilines is 1. The van der Waals surface area contributed by atoms with E-state index >= 15 is 0 Å². The van der Waals surface area contributed by atoms with Crippen LogP contribution in [0.5, 0.6) is 0 Å². The second-order valence-corrected chi connectivity index (χ2v) is 11.1. The zero-order valence-corrected chi connectivity index (χ0v) is 23.1. The molecule has 8 nitrogen and oxygen atoms in total. The minimum absolute atomic E-state index is 0.135. The number of benzene rings is 4. The van der Waals surface area contributed by atoms with Crippen molar-refractivity contribution in [2.24, 2.45) is 5.10 Å². The smallest absolute Gasteiger partial charge is 0.271 e. The van der Waals surface area contributed by atoms with Crippen LogP contribution in [0.1, 0.15) is 40.9 Å². The molecule has 2 N–H and O–H groups in total. The van der Waals surface area contributed by atoms with E-state index in [4.69, 9.17) is 0 Å². The third-order valence-electron chi connectivity index (χ3n) is 6.08. The first kappa shape index (κ1) is 28.4. The van der Waals surface area contributed by atoms with Crippen molar-refractivity contribution >= 4 is 33.2 Å². The summed E-state index contributed by atoms with van der Waals surface area (Å²) in [6, 6.07) is 31.7. The van der Waals surface area contributed by atoms with E-state index in [2.05, 4.69) is 15.8 Å². The van der Waals surface area contributed by atoms with Crippen molar-refractivity contribution in [1.29, 1.82) is 0 Å². The lowest BCUT2D eigenvalue weighted by Gasteiger charge is -2.22. The highest BCUT2D eigenvalue weighted by Crippen LogP contribution is 2.21. The van der Waals surface area contributed by atoms with Gasteiger partial charge >= 0.3 is 0 Å². The summed E-state index contributed by atoms with van der Waals surface area (Å²) in [5, 5.41) is 6.91. The SMILES string of the molecule is CC(=O)Nc1cccc(C(C)=NNC(=O)c2ccc(CN(Cc3ccccc3)S(=O)(=O)c3ccccc3)cc2)c1. The van der Waals surface area contributed by atoms with E-state index in [9.17, 15) is 18.0 Å². The molecule has 0 fully saturated rings. The van der Waals surface area contributed by atoms with E-state index in [1.807, 2.05) is 36.4 Å². The van der Waals surface area contributed by atoms with Gasteiger partial charge in [-0.25, -0.2) is 13.8 Å². The lowest BCUT2D eigenvalue weighted by molar-refractivity contribution is -0.114. The number of hydrogen-bond donors (Lipinski definition) is 2. The van der Waals surface area contributed by atoms with E-state index < -0.39 is 15.9 Å². The third kappa shape index (κ3) is 7.49. The first-order chi connectivity index (χ1) is 19.2. The fraction of sp³-hybridized carbons (Fsp3) is 0.129. The maximum atomic E-state index is 13.5. The van der Waals surface area contributed by atoms with Crippen molar-refractivity contribution < 1.29 is 18.0 Å². The first-order valence-electron chi connectivity index (χ1n) is 12.6. The lowest BCUT2D eigenvalue weighted by Crippen LogP contribution is -2.30. The van der Waals surface area contributed by atoms with Crippen LogP contribution in [-0.4, -0.2) is 30.2 Å². The fourth-order valence-electron chi connectivity index (χ4n) is 4.01. The Morgan fingerprint density at radius 1 is 0.725 bits per heavy atom. The maximum Gasteiger partial charge on any atom is 0.271 e. The summed E-state index contributed by atoms with van der Waals surface area (Å²) in [5.74, 6) is -0.577. The zero-order valence-electron chi connectivity index (χ0n) is 22.2. The van der Waals surface area contributed by atoms with Crippen LogP contribution in [0.3, 0.4) is 0 Å². The Kier molecular flexibility index (Phi) is 9.21. The largest absolute Gasteiger partial charge is 0.326 e. The van der Waals surface area contributed by atoms with Crippen molar-refractivity contribution in [3.8, 4) is 0 Å². The molecule has 0 aliphatic heterocycles. The number of nitrogens with one attached hydrogen (secondary N) is 2. The summed E-state index contributed by atoms with van der Waals surface area (Å²) >= 11 is 0. The molecule has 4 aromatic rings. The standard InChI is InChI=1S/C31H30N4O4S/c1-23(28-12-9-13-29(20-28)32-24(2)36)33-34-31(37)27-18-16-26(17-19-27)22-35(21-25-10-5-3-6-11-25)40(38,39)30-14-7-4-8-15-30/h3-20H,21-22H2,1-2H3,(H,32,36)(H,34,37). The fourth-order valence-corrected chi connectivity index (χ4v) is 5.45. The van der Waals surface area contributed by atoms with Gasteiger partial charge in [-0.1, -0.05) is 72.8 Å². The summed E-state index contributed by atoms with van der Waals surface area (Å²) < 4.78 is 28.4. The number of rotatable bonds is 10. The van der Waals surface area contributed by atoms with Crippen molar-refractivity contribution in [3.05, 3.63) is 131 Å². The van der Waals surface area contributed by atoms with Gasteiger partial charge in [-0.15, -0.1) is 0 Å². The van der Waals surface area contributed by atoms with E-state index in [0.29, 0.717) is 17.0 Å². The van der Waals surface area contributed by atoms with Gasteiger partial charge in [-0.2, -0.15) is 9.41 Å². The number of hydrazone groups is 1. The summed E-state index contributed by atoms with van der Waals surface area (Å²) in [6.07, 6.45) is 0. The number of hydrogen-bond acceptors (Lipinski definition) is 5. The monoisotopic (exact) mass is 554 g/mol. The van der Waals surface area contributed by atoms with Crippen LogP contribution in [-0.2, 0) is 27.9 Å². The minimum Gasteiger partial charge on any atom is -0.326 e. The summed E-state index contributed by atoms with van der Waals surface area (Å²) in [4.78, 5) is 24.3. The van der Waals surface area contributed by atoms with Crippen molar-refractivity contribution in [3.63, 3.8) is 0 Å². The van der Waals surface area contributed by atoms with E-state index in [0.717, 1.165) is 16.7 Å². The molecule has 0 bridgehead atoms. The van der Waals surface area contributed by atoms with Crippen LogP contribution in [0.25, 0.3) is 0 Å². The Morgan fingerprint density at radius 3 is 1.95 bits per heavy atom. The molecule has 0 saturated heterocycles. The molecular formula is C31H30N4O4S. The van der Waals surface area contributed by atoms with Crippen LogP contribution in [0.4, 0.5) is 5.69 Å². The highest BCUT2D eigenvalue weighted by molar-refractivity contribution is 7.89. The van der Waals surface area contributed by atoms with Gasteiger partial charge in [0.25, 0.3) is 5.91 Å². The predicted molar refractivity (Wildman–Crippen MR) is 156 cm³/mol. The summed E-state index contributed by atoms with van der Waals surface area (Å²) in [7, 11) is -3.77. The highest BCUT2D eigenvalue weighted by Gasteiger charge is 2.25. The van der Waals surface area contributed by atoms with Crippen molar-refractivity contribution in [2.75, 3.05) is 5.32 Å². The molecule has 0 unspecified atom stereocenters. The van der Waals surface area contributed by atoms with Gasteiger partial charge in [0.15, 0.2) is 0 Å². The van der Waals surface area contributed by atoms with Crippen LogP contribution in [0.2, 0.25) is 0 Å². The molecule has 204 valence electrons. The Bertz CT molecular complexity index is 1600. The molecule has 9 heteroatoms. The third-order valence-corrected chi connectivity index (χ3v) is 7.89. The van der Waals surface area contributed by atoms with Crippen LogP contribution in [0.15, 0.2) is 119 Å². The molecule has 40 heavy (non-hydrogen) atoms. The predicted octanol–water partition coefficient (Wildman–Crippen LogP) is 5.19. The van der Waals surface area contributed by atoms with Crippen molar-refractivity contribution in [1.82, 2.24) is 9.73 Å². The molecule has 4 aromatic carbocycles. The topological polar surface area (TPSA) is 108 Å². The average Bonchev–Trinajstić information content (AvgIpc) is 2.96. The Hall–Kier alpha value is -4.60. The molecule has 0 radical (unpaired) electrons. The second kappa shape index (κ2) is 13.0. The first-order valence-corrected chi connectivity index (χ1v) is 14.1. The van der Waals surface area contributed by atoms with E-state index in [1.165, 1.54) is 11.2 Å². The molecule has 0 heterocycles. The van der Waals surface area contributed by atoms with Gasteiger partial charge in [-0.3, -0.25) is 9.59 Å². The van der Waals surface area contributed by atoms with Gasteiger partial charge in [0.1, 0.15) is 0 Å². The number of carbonyl (C=O) groups excluding carboxylic acids is 2. The van der Waals surface area contributed by atoms with Crippen LogP contribution in [0, 0.1) is 0 Å². The van der Waals surface area contributed by atoms with E-state index in [-0.39, 0.29) is 23.9 Å². The number of sulfonamides is 1. The zero-order chi connectivity index (χ0) is 28.5. The number of carbonyl (C=O) groups is 2. The normalized spacial score (nSPS) is 11.7. The van der Waals surface area contributed by atoms with Gasteiger partial charge < -0.3 is 5.32 Å². The second-order valence-electron chi connectivity index (χ2n) is 9.17. The molecule has 0 spiro atoms. The highest BCUT2D eigenvalue weighted by atomic mass is 32.2. The van der Waals surface area contributed by atoms with Gasteiger partial charge in [0.05, 0.1) is 10.6 Å². The van der Waals surface area contributed by atoms with Crippen LogP contribution >= 0.6 is 0 Å². The summed E-state index contributed by atoms with van der Waals surface area (Å²) in [6.45, 7) is 3.53. The van der Waals surface area contributed by atoms with Gasteiger partial charge in [-0.05, 0) is 60.0 Å². The molecule has 0 saturated carbocycles. The van der Waals surface area contributed by atoms with Crippen molar-refractivity contribution in [2.45, 2.75) is 31.8 Å². The van der Waals surface area contributed by atoms with Crippen LogP contribution < -0.4 is 10.7 Å². The quantitative estimate of drug-likeness (QED) is 0.208. The number of amides is 2. The summed E-state index contributed by atoms with van der Waals surface area (Å²) in [5.41, 5.74) is 6.50. The number of nitrogens with zero attached hydrogens (tertiary/aromatic N) is 2. The Labute approximate surface area is 234 Å². The molecule has 0 aliphatic rings. The Morgan fingerprint density at radius 2 is 1.32 bits per heavy atom. The minimum atomic E-state index is -3.77. The van der Waals surface area contributed by atoms with E-state index in [1.54, 1.807) is 79.7 Å². The maximum absolute atomic E-state index is 13.5. The molecule has 2 amide bonds. The molecular weight excluding hydrogens is 524 g/mol. The molecule has 0 atom stereocenters. The van der Waals surface area contributed by atoms with Gasteiger partial charge in [0.2, 0.25) is 15.9 Å². The molecule has 0 aromatic heterocycles. The molecule has 4 rings (SSSR count). The average molecular weight is 555 g/mol. The Balaban J connectivity index is 1.47. The van der Waals surface area contributed by atoms with Gasteiger partial charge in [0, 0.05) is 31.3 Å². The lowest BCUT2D eigenvalue weighted by atomic mass is 10.1. The molecule has 0 aliphatic carbocycles.